The SMILES string of the molecule is Nc1ccc(Oc2cncc(Cl)c2)c2cccnc12. The minimum absolute atomic E-state index is 0.523. The highest BCUT2D eigenvalue weighted by molar-refractivity contribution is 6.30. The first-order valence-corrected chi connectivity index (χ1v) is 6.03. The normalized spacial score (nSPS) is 10.6. The molecule has 2 N–H and O–H groups in total. The predicted octanol–water partition coefficient (Wildman–Crippen LogP) is 3.66. The second kappa shape index (κ2) is 4.74. The van der Waals surface area contributed by atoms with E-state index >= 15 is 0 Å². The first-order chi connectivity index (χ1) is 9.24. The number of aromatic nitrogens is 2. The number of ether oxygens (including phenoxy) is 1. The van der Waals surface area contributed by atoms with Gasteiger partial charge in [0.25, 0.3) is 0 Å². The van der Waals surface area contributed by atoms with Crippen molar-refractivity contribution in [3.8, 4) is 11.5 Å². The molecule has 5 heteroatoms. The molecule has 3 aromatic rings. The van der Waals surface area contributed by atoms with E-state index in [4.69, 9.17) is 22.1 Å². The highest BCUT2D eigenvalue weighted by atomic mass is 35.5. The maximum absolute atomic E-state index is 5.89. The van der Waals surface area contributed by atoms with Gasteiger partial charge in [0.15, 0.2) is 0 Å². The molecular weight excluding hydrogens is 262 g/mol. The summed E-state index contributed by atoms with van der Waals surface area (Å²) >= 11 is 5.88. The van der Waals surface area contributed by atoms with Gasteiger partial charge in [0.2, 0.25) is 0 Å². The molecule has 1 aromatic carbocycles. The number of nitrogen functional groups attached to an aromatic ring is 1. The Hall–Kier alpha value is -2.33. The van der Waals surface area contributed by atoms with Crippen molar-refractivity contribution in [1.29, 1.82) is 0 Å². The summed E-state index contributed by atoms with van der Waals surface area (Å²) < 4.78 is 5.78. The van der Waals surface area contributed by atoms with Crippen molar-refractivity contribution in [3.63, 3.8) is 0 Å². The molecule has 0 saturated heterocycles. The predicted molar refractivity (Wildman–Crippen MR) is 75.5 cm³/mol. The van der Waals surface area contributed by atoms with Gasteiger partial charge in [-0.2, -0.15) is 0 Å². The lowest BCUT2D eigenvalue weighted by Gasteiger charge is -2.09. The standard InChI is InChI=1S/C14H10ClN3O/c15-9-6-10(8-17-7-9)19-13-4-3-12(16)14-11(13)2-1-5-18-14/h1-8H,16H2. The van der Waals surface area contributed by atoms with Gasteiger partial charge in [0.05, 0.1) is 22.4 Å². The Morgan fingerprint density at radius 3 is 2.89 bits per heavy atom. The van der Waals surface area contributed by atoms with Gasteiger partial charge in [-0.05, 0) is 24.3 Å². The Kier molecular flexibility index (Phi) is 2.93. The molecule has 0 aliphatic carbocycles. The lowest BCUT2D eigenvalue weighted by molar-refractivity contribution is 0.486. The average molecular weight is 272 g/mol. The van der Waals surface area contributed by atoms with Crippen molar-refractivity contribution in [3.05, 3.63) is 53.9 Å². The smallest absolute Gasteiger partial charge is 0.147 e. The minimum atomic E-state index is 0.523. The van der Waals surface area contributed by atoms with Crippen LogP contribution in [-0.4, -0.2) is 9.97 Å². The number of rotatable bonds is 2. The van der Waals surface area contributed by atoms with Crippen LogP contribution in [0.4, 0.5) is 5.69 Å². The first kappa shape index (κ1) is 11.7. The number of fused-ring (bicyclic) bond motifs is 1. The van der Waals surface area contributed by atoms with E-state index in [0.29, 0.717) is 22.2 Å². The summed E-state index contributed by atoms with van der Waals surface area (Å²) in [5, 5.41) is 1.37. The van der Waals surface area contributed by atoms with Gasteiger partial charge in [0.1, 0.15) is 11.5 Å². The summed E-state index contributed by atoms with van der Waals surface area (Å²) in [7, 11) is 0. The fourth-order valence-electron chi connectivity index (χ4n) is 1.83. The van der Waals surface area contributed by atoms with Gasteiger partial charge >= 0.3 is 0 Å². The van der Waals surface area contributed by atoms with Gasteiger partial charge in [-0.1, -0.05) is 11.6 Å². The highest BCUT2D eigenvalue weighted by Gasteiger charge is 2.07. The van der Waals surface area contributed by atoms with Gasteiger partial charge in [0, 0.05) is 23.8 Å². The van der Waals surface area contributed by atoms with Gasteiger partial charge in [-0.15, -0.1) is 0 Å². The maximum atomic E-state index is 5.89. The van der Waals surface area contributed by atoms with E-state index in [-0.39, 0.29) is 0 Å². The van der Waals surface area contributed by atoms with Gasteiger partial charge in [-0.25, -0.2) is 0 Å². The van der Waals surface area contributed by atoms with Crippen molar-refractivity contribution < 1.29 is 4.74 Å². The molecule has 0 bridgehead atoms. The molecule has 0 amide bonds. The third-order valence-corrected chi connectivity index (χ3v) is 2.88. The summed E-state index contributed by atoms with van der Waals surface area (Å²) in [5.74, 6) is 1.24. The van der Waals surface area contributed by atoms with E-state index in [1.165, 1.54) is 0 Å². The zero-order valence-electron chi connectivity index (χ0n) is 9.88. The first-order valence-electron chi connectivity index (χ1n) is 5.65. The number of halogens is 1. The molecule has 2 aromatic heterocycles. The van der Waals surface area contributed by atoms with Crippen LogP contribution < -0.4 is 10.5 Å². The summed E-state index contributed by atoms with van der Waals surface area (Å²) in [6.07, 6.45) is 4.85. The zero-order chi connectivity index (χ0) is 13.2. The molecule has 0 unspecified atom stereocenters. The molecule has 94 valence electrons. The van der Waals surface area contributed by atoms with E-state index in [9.17, 15) is 0 Å². The largest absolute Gasteiger partial charge is 0.455 e. The van der Waals surface area contributed by atoms with Crippen molar-refractivity contribution in [2.24, 2.45) is 0 Å². The minimum Gasteiger partial charge on any atom is -0.455 e. The number of nitrogens with zero attached hydrogens (tertiary/aromatic N) is 2. The number of benzene rings is 1. The van der Waals surface area contributed by atoms with E-state index < -0.39 is 0 Å². The molecule has 0 aliphatic rings. The molecule has 0 saturated carbocycles. The lowest BCUT2D eigenvalue weighted by Crippen LogP contribution is -1.92. The van der Waals surface area contributed by atoms with Crippen LogP contribution in [0.3, 0.4) is 0 Å². The Labute approximate surface area is 114 Å². The number of hydrogen-bond donors (Lipinski definition) is 1. The fraction of sp³-hybridized carbons (Fsp3) is 0. The fourth-order valence-corrected chi connectivity index (χ4v) is 2.00. The molecule has 0 aliphatic heterocycles. The number of nitrogens with two attached hydrogens (primary N) is 1. The molecule has 4 nitrogen and oxygen atoms in total. The van der Waals surface area contributed by atoms with E-state index in [1.807, 2.05) is 12.1 Å². The molecule has 0 spiro atoms. The van der Waals surface area contributed by atoms with Crippen molar-refractivity contribution in [2.75, 3.05) is 5.73 Å². The summed E-state index contributed by atoms with van der Waals surface area (Å²) in [4.78, 5) is 8.23. The van der Waals surface area contributed by atoms with E-state index in [1.54, 1.807) is 36.8 Å². The maximum Gasteiger partial charge on any atom is 0.147 e. The van der Waals surface area contributed by atoms with Crippen LogP contribution in [0.2, 0.25) is 5.02 Å². The summed E-state index contributed by atoms with van der Waals surface area (Å²) in [6.45, 7) is 0. The van der Waals surface area contributed by atoms with E-state index in [2.05, 4.69) is 9.97 Å². The Balaban J connectivity index is 2.09. The van der Waals surface area contributed by atoms with E-state index in [0.717, 1.165) is 10.9 Å². The van der Waals surface area contributed by atoms with Crippen LogP contribution in [0.5, 0.6) is 11.5 Å². The van der Waals surface area contributed by atoms with Crippen LogP contribution in [0.15, 0.2) is 48.9 Å². The summed E-state index contributed by atoms with van der Waals surface area (Å²) in [6, 6.07) is 9.02. The molecule has 0 atom stereocenters. The molecule has 0 fully saturated rings. The van der Waals surface area contributed by atoms with Gasteiger partial charge in [-0.3, -0.25) is 9.97 Å². The van der Waals surface area contributed by atoms with Crippen molar-refractivity contribution >= 4 is 28.2 Å². The monoisotopic (exact) mass is 271 g/mol. The molecule has 0 radical (unpaired) electrons. The number of hydrogen-bond acceptors (Lipinski definition) is 4. The third kappa shape index (κ3) is 2.30. The molecule has 3 rings (SSSR count). The molecule has 19 heavy (non-hydrogen) atoms. The van der Waals surface area contributed by atoms with Crippen LogP contribution in [0, 0.1) is 0 Å². The van der Waals surface area contributed by atoms with Gasteiger partial charge < -0.3 is 10.5 Å². The Morgan fingerprint density at radius 1 is 1.16 bits per heavy atom. The van der Waals surface area contributed by atoms with Crippen molar-refractivity contribution in [1.82, 2.24) is 9.97 Å². The zero-order valence-corrected chi connectivity index (χ0v) is 10.6. The second-order valence-electron chi connectivity index (χ2n) is 3.99. The quantitative estimate of drug-likeness (QED) is 0.723. The molecule has 2 heterocycles. The highest BCUT2D eigenvalue weighted by Crippen LogP contribution is 2.32. The summed E-state index contributed by atoms with van der Waals surface area (Å²) in [5.41, 5.74) is 7.23. The Bertz CT molecular complexity index is 746. The molecular formula is C14H10ClN3O. The number of anilines is 1. The number of pyridine rings is 2. The van der Waals surface area contributed by atoms with Crippen LogP contribution in [-0.2, 0) is 0 Å². The third-order valence-electron chi connectivity index (χ3n) is 2.67. The van der Waals surface area contributed by atoms with Crippen LogP contribution in [0.25, 0.3) is 10.9 Å². The topological polar surface area (TPSA) is 61.0 Å². The van der Waals surface area contributed by atoms with Crippen molar-refractivity contribution in [2.45, 2.75) is 0 Å². The van der Waals surface area contributed by atoms with Crippen LogP contribution in [0.1, 0.15) is 0 Å². The Morgan fingerprint density at radius 2 is 2.05 bits per heavy atom. The lowest BCUT2D eigenvalue weighted by atomic mass is 10.2. The van der Waals surface area contributed by atoms with Crippen LogP contribution >= 0.6 is 11.6 Å². The average Bonchev–Trinajstić information content (AvgIpc) is 2.42. The second-order valence-corrected chi connectivity index (χ2v) is 4.43.